The van der Waals surface area contributed by atoms with E-state index in [9.17, 15) is 0 Å². The maximum absolute atomic E-state index is 5.96. The summed E-state index contributed by atoms with van der Waals surface area (Å²) < 4.78 is 7.10. The summed E-state index contributed by atoms with van der Waals surface area (Å²) in [6, 6.07) is 10.7. The van der Waals surface area contributed by atoms with Gasteiger partial charge in [-0.05, 0) is 25.3 Å². The molecule has 3 heteroatoms. The SMILES string of the molecule is CC(C)CN1[C@@H](/C=C(\Br)c2ccccc2)COC1(C)C. The second kappa shape index (κ2) is 6.42. The van der Waals surface area contributed by atoms with Gasteiger partial charge in [0.05, 0.1) is 12.6 Å². The normalized spacial score (nSPS) is 23.5. The van der Waals surface area contributed by atoms with Crippen molar-refractivity contribution in [3.05, 3.63) is 42.0 Å². The van der Waals surface area contributed by atoms with Gasteiger partial charge in [0.15, 0.2) is 0 Å². The molecule has 1 saturated heterocycles. The van der Waals surface area contributed by atoms with Gasteiger partial charge in [0.25, 0.3) is 0 Å². The fraction of sp³-hybridized carbons (Fsp3) is 0.529. The minimum Gasteiger partial charge on any atom is -0.359 e. The monoisotopic (exact) mass is 337 g/mol. The molecule has 1 aliphatic heterocycles. The van der Waals surface area contributed by atoms with Crippen LogP contribution in [0.5, 0.6) is 0 Å². The van der Waals surface area contributed by atoms with Gasteiger partial charge in [-0.1, -0.05) is 66.2 Å². The molecule has 0 unspecified atom stereocenters. The summed E-state index contributed by atoms with van der Waals surface area (Å²) in [6.07, 6.45) is 2.27. The lowest BCUT2D eigenvalue weighted by Gasteiger charge is -2.34. The first-order valence-corrected chi connectivity index (χ1v) is 8.03. The number of hydrogen-bond acceptors (Lipinski definition) is 2. The highest BCUT2D eigenvalue weighted by molar-refractivity contribution is 9.15. The highest BCUT2D eigenvalue weighted by Gasteiger charge is 2.39. The molecule has 0 saturated carbocycles. The molecular formula is C17H24BrNO. The van der Waals surface area contributed by atoms with Crippen LogP contribution in [0.15, 0.2) is 36.4 Å². The summed E-state index contributed by atoms with van der Waals surface area (Å²) in [5.74, 6) is 0.627. The zero-order valence-electron chi connectivity index (χ0n) is 12.8. The lowest BCUT2D eigenvalue weighted by atomic mass is 10.1. The zero-order valence-corrected chi connectivity index (χ0v) is 14.4. The number of nitrogens with zero attached hydrogens (tertiary/aromatic N) is 1. The van der Waals surface area contributed by atoms with Crippen molar-refractivity contribution in [3.63, 3.8) is 0 Å². The molecule has 0 spiro atoms. The Hall–Kier alpha value is -0.640. The highest BCUT2D eigenvalue weighted by atomic mass is 79.9. The molecule has 0 bridgehead atoms. The third-order valence-electron chi connectivity index (χ3n) is 3.65. The van der Waals surface area contributed by atoms with Crippen LogP contribution in [0.3, 0.4) is 0 Å². The van der Waals surface area contributed by atoms with Crippen molar-refractivity contribution in [2.24, 2.45) is 5.92 Å². The minimum atomic E-state index is -0.185. The van der Waals surface area contributed by atoms with Crippen LogP contribution >= 0.6 is 15.9 Å². The molecule has 1 aliphatic rings. The quantitative estimate of drug-likeness (QED) is 0.801. The molecule has 1 atom stereocenters. The van der Waals surface area contributed by atoms with E-state index in [4.69, 9.17) is 4.74 Å². The van der Waals surface area contributed by atoms with Gasteiger partial charge in [-0.2, -0.15) is 0 Å². The lowest BCUT2D eigenvalue weighted by molar-refractivity contribution is -0.0560. The van der Waals surface area contributed by atoms with E-state index in [0.717, 1.165) is 17.6 Å². The fourth-order valence-electron chi connectivity index (χ4n) is 2.61. The molecule has 110 valence electrons. The predicted molar refractivity (Wildman–Crippen MR) is 88.7 cm³/mol. The maximum atomic E-state index is 5.96. The first-order chi connectivity index (χ1) is 9.40. The molecule has 1 aromatic rings. The van der Waals surface area contributed by atoms with Gasteiger partial charge in [0.2, 0.25) is 0 Å². The molecule has 1 heterocycles. The summed E-state index contributed by atoms with van der Waals surface area (Å²) in [6.45, 7) is 10.6. The fourth-order valence-corrected chi connectivity index (χ4v) is 3.18. The van der Waals surface area contributed by atoms with Crippen molar-refractivity contribution in [3.8, 4) is 0 Å². The molecule has 0 N–H and O–H groups in total. The third kappa shape index (κ3) is 3.72. The van der Waals surface area contributed by atoms with E-state index in [2.05, 4.69) is 78.9 Å². The van der Waals surface area contributed by atoms with Crippen LogP contribution in [-0.2, 0) is 4.74 Å². The van der Waals surface area contributed by atoms with Gasteiger partial charge in [-0.15, -0.1) is 0 Å². The summed E-state index contributed by atoms with van der Waals surface area (Å²) in [5.41, 5.74) is 1.02. The van der Waals surface area contributed by atoms with Gasteiger partial charge in [-0.3, -0.25) is 4.90 Å². The van der Waals surface area contributed by atoms with Gasteiger partial charge in [-0.25, -0.2) is 0 Å². The summed E-state index contributed by atoms with van der Waals surface area (Å²) in [4.78, 5) is 2.45. The van der Waals surface area contributed by atoms with E-state index in [1.807, 2.05) is 6.07 Å². The molecule has 2 rings (SSSR count). The van der Waals surface area contributed by atoms with Crippen molar-refractivity contribution < 1.29 is 4.74 Å². The Morgan fingerprint density at radius 3 is 2.65 bits per heavy atom. The number of ether oxygens (including phenoxy) is 1. The predicted octanol–water partition coefficient (Wildman–Crippen LogP) is 4.52. The van der Waals surface area contributed by atoms with Crippen molar-refractivity contribution in [1.29, 1.82) is 0 Å². The summed E-state index contributed by atoms with van der Waals surface area (Å²) in [7, 11) is 0. The Balaban J connectivity index is 2.19. The number of halogens is 1. The third-order valence-corrected chi connectivity index (χ3v) is 4.37. The molecule has 1 fully saturated rings. The van der Waals surface area contributed by atoms with Crippen LogP contribution in [0, 0.1) is 5.92 Å². The van der Waals surface area contributed by atoms with E-state index >= 15 is 0 Å². The van der Waals surface area contributed by atoms with Gasteiger partial charge < -0.3 is 4.74 Å². The molecule has 0 aliphatic carbocycles. The largest absolute Gasteiger partial charge is 0.359 e. The molecule has 1 aromatic carbocycles. The van der Waals surface area contributed by atoms with Crippen molar-refractivity contribution >= 4 is 20.4 Å². The van der Waals surface area contributed by atoms with Crippen molar-refractivity contribution in [2.75, 3.05) is 13.2 Å². The average Bonchev–Trinajstić information content (AvgIpc) is 2.67. The lowest BCUT2D eigenvalue weighted by Crippen LogP contribution is -2.45. The van der Waals surface area contributed by atoms with Crippen molar-refractivity contribution in [2.45, 2.75) is 39.5 Å². The van der Waals surface area contributed by atoms with E-state index in [1.54, 1.807) is 0 Å². The number of hydrogen-bond donors (Lipinski definition) is 0. The molecule has 2 nitrogen and oxygen atoms in total. The Morgan fingerprint density at radius 2 is 2.05 bits per heavy atom. The van der Waals surface area contributed by atoms with E-state index in [-0.39, 0.29) is 5.72 Å². The van der Waals surface area contributed by atoms with Crippen LogP contribution in [0.1, 0.15) is 33.3 Å². The molecule has 20 heavy (non-hydrogen) atoms. The topological polar surface area (TPSA) is 12.5 Å². The second-order valence-electron chi connectivity index (χ2n) is 6.25. The molecule has 0 radical (unpaired) electrons. The van der Waals surface area contributed by atoms with Gasteiger partial charge >= 0.3 is 0 Å². The number of rotatable bonds is 4. The zero-order chi connectivity index (χ0) is 14.8. The summed E-state index contributed by atoms with van der Waals surface area (Å²) in [5, 5.41) is 0. The van der Waals surface area contributed by atoms with Crippen LogP contribution in [0.4, 0.5) is 0 Å². The van der Waals surface area contributed by atoms with Crippen LogP contribution in [-0.4, -0.2) is 29.8 Å². The second-order valence-corrected chi connectivity index (χ2v) is 7.11. The number of benzene rings is 1. The van der Waals surface area contributed by atoms with Crippen LogP contribution in [0.2, 0.25) is 0 Å². The molecular weight excluding hydrogens is 314 g/mol. The minimum absolute atomic E-state index is 0.185. The summed E-state index contributed by atoms with van der Waals surface area (Å²) >= 11 is 3.71. The van der Waals surface area contributed by atoms with Gasteiger partial charge in [0.1, 0.15) is 5.72 Å². The highest BCUT2D eigenvalue weighted by Crippen LogP contribution is 2.31. The van der Waals surface area contributed by atoms with E-state index in [1.165, 1.54) is 5.56 Å². The van der Waals surface area contributed by atoms with Crippen molar-refractivity contribution in [1.82, 2.24) is 4.90 Å². The Labute approximate surface area is 130 Å². The Kier molecular flexibility index (Phi) is 5.05. The van der Waals surface area contributed by atoms with Crippen LogP contribution in [0.25, 0.3) is 4.48 Å². The standard InChI is InChI=1S/C17H24BrNO/c1-13(2)11-19-15(12-20-17(19,3)4)10-16(18)14-8-6-5-7-9-14/h5-10,13,15H,11-12H2,1-4H3/b16-10-/t15-/m0/s1. The average molecular weight is 338 g/mol. The van der Waals surface area contributed by atoms with Gasteiger partial charge in [0, 0.05) is 11.0 Å². The van der Waals surface area contributed by atoms with Crippen LogP contribution < -0.4 is 0 Å². The smallest absolute Gasteiger partial charge is 0.116 e. The maximum Gasteiger partial charge on any atom is 0.116 e. The Morgan fingerprint density at radius 1 is 1.40 bits per heavy atom. The van der Waals surface area contributed by atoms with E-state index < -0.39 is 0 Å². The molecule has 0 amide bonds. The Bertz CT molecular complexity index is 467. The van der Waals surface area contributed by atoms with E-state index in [0.29, 0.717) is 12.0 Å². The first-order valence-electron chi connectivity index (χ1n) is 7.23. The first kappa shape index (κ1) is 15.7. The molecule has 0 aromatic heterocycles.